The van der Waals surface area contributed by atoms with E-state index in [2.05, 4.69) is 15.4 Å². The predicted molar refractivity (Wildman–Crippen MR) is 87.9 cm³/mol. The zero-order valence-corrected chi connectivity index (χ0v) is 13.3. The van der Waals surface area contributed by atoms with E-state index in [-0.39, 0.29) is 18.3 Å². The summed E-state index contributed by atoms with van der Waals surface area (Å²) in [6.45, 7) is -1.82. The Morgan fingerprint density at radius 3 is 2.36 bits per heavy atom. The summed E-state index contributed by atoms with van der Waals surface area (Å²) >= 11 is 0. The average Bonchev–Trinajstić information content (AvgIpc) is 2.55. The molecule has 0 heterocycles. The number of anilines is 2. The Morgan fingerprint density at radius 2 is 1.72 bits per heavy atom. The molecule has 0 aromatic heterocycles. The van der Waals surface area contributed by atoms with Crippen LogP contribution in [0.3, 0.4) is 0 Å². The molecule has 0 aliphatic rings. The topological polar surface area (TPSA) is 76.7 Å². The van der Waals surface area contributed by atoms with E-state index in [1.807, 2.05) is 0 Å². The van der Waals surface area contributed by atoms with Gasteiger partial charge in [-0.3, -0.25) is 9.59 Å². The van der Waals surface area contributed by atoms with Crippen LogP contribution >= 0.6 is 0 Å². The van der Waals surface area contributed by atoms with Crippen LogP contribution in [-0.4, -0.2) is 25.0 Å². The molecule has 2 aromatic rings. The minimum absolute atomic E-state index is 0.00603. The van der Waals surface area contributed by atoms with E-state index in [1.54, 1.807) is 24.3 Å². The van der Waals surface area contributed by atoms with Crippen molar-refractivity contribution in [2.45, 2.75) is 13.5 Å². The summed E-state index contributed by atoms with van der Waals surface area (Å²) in [5.41, 5.74) is 0.863. The van der Waals surface area contributed by atoms with E-state index < -0.39 is 12.5 Å². The Balaban J connectivity index is 1.90. The van der Waals surface area contributed by atoms with Gasteiger partial charge in [-0.2, -0.15) is 8.78 Å². The van der Waals surface area contributed by atoms with Crippen molar-refractivity contribution in [2.24, 2.45) is 0 Å². The molecule has 132 valence electrons. The van der Waals surface area contributed by atoms with Gasteiger partial charge in [0.25, 0.3) is 5.91 Å². The molecule has 0 saturated heterocycles. The zero-order valence-electron chi connectivity index (χ0n) is 13.3. The molecule has 0 aliphatic carbocycles. The molecule has 8 heteroatoms. The largest absolute Gasteiger partial charge is 0.482 e. The summed E-state index contributed by atoms with van der Waals surface area (Å²) in [7, 11) is 0. The summed E-state index contributed by atoms with van der Waals surface area (Å²) in [6.07, 6.45) is 0. The van der Waals surface area contributed by atoms with Crippen LogP contribution in [0.25, 0.3) is 0 Å². The van der Waals surface area contributed by atoms with Crippen molar-refractivity contribution in [1.29, 1.82) is 0 Å². The Kier molecular flexibility index (Phi) is 6.27. The van der Waals surface area contributed by atoms with Gasteiger partial charge in [0.2, 0.25) is 5.91 Å². The van der Waals surface area contributed by atoms with E-state index >= 15 is 0 Å². The lowest BCUT2D eigenvalue weighted by molar-refractivity contribution is -0.118. The molecule has 25 heavy (non-hydrogen) atoms. The number of ether oxygens (including phenoxy) is 2. The SMILES string of the molecule is CC(=O)Nc1ccccc1OCC(=O)Nc1ccc(OC(F)F)cc1. The van der Waals surface area contributed by atoms with Gasteiger partial charge in [0.1, 0.15) is 11.5 Å². The van der Waals surface area contributed by atoms with Crippen LogP contribution in [-0.2, 0) is 9.59 Å². The average molecular weight is 350 g/mol. The van der Waals surface area contributed by atoms with Gasteiger partial charge in [-0.1, -0.05) is 12.1 Å². The fourth-order valence-corrected chi connectivity index (χ4v) is 1.95. The molecule has 0 bridgehead atoms. The number of benzene rings is 2. The third-order valence-electron chi connectivity index (χ3n) is 2.92. The van der Waals surface area contributed by atoms with Crippen molar-refractivity contribution in [3.05, 3.63) is 48.5 Å². The van der Waals surface area contributed by atoms with Crippen LogP contribution in [0.5, 0.6) is 11.5 Å². The standard InChI is InChI=1S/C17H16F2N2O4/c1-11(22)20-14-4-2-3-5-15(14)24-10-16(23)21-12-6-8-13(9-7-12)25-17(18)19/h2-9,17H,10H2,1H3,(H,20,22)(H,21,23). The van der Waals surface area contributed by atoms with E-state index in [0.717, 1.165) is 0 Å². The van der Waals surface area contributed by atoms with Gasteiger partial charge in [0.15, 0.2) is 6.61 Å². The highest BCUT2D eigenvalue weighted by Gasteiger charge is 2.09. The zero-order chi connectivity index (χ0) is 18.2. The molecule has 0 fully saturated rings. The Morgan fingerprint density at radius 1 is 1.04 bits per heavy atom. The maximum Gasteiger partial charge on any atom is 0.387 e. The molecule has 0 radical (unpaired) electrons. The number of carbonyl (C=O) groups is 2. The van der Waals surface area contributed by atoms with Crippen molar-refractivity contribution in [1.82, 2.24) is 0 Å². The number of alkyl halides is 2. The summed E-state index contributed by atoms with van der Waals surface area (Å²) in [5.74, 6) is -0.353. The number of rotatable bonds is 7. The minimum Gasteiger partial charge on any atom is -0.482 e. The molecule has 0 aliphatic heterocycles. The molecule has 0 atom stereocenters. The summed E-state index contributed by atoms with van der Waals surface area (Å²) in [6, 6.07) is 12.2. The van der Waals surface area contributed by atoms with Crippen LogP contribution in [0.1, 0.15) is 6.92 Å². The van der Waals surface area contributed by atoms with Crippen molar-refractivity contribution in [2.75, 3.05) is 17.2 Å². The van der Waals surface area contributed by atoms with E-state index in [1.165, 1.54) is 31.2 Å². The van der Waals surface area contributed by atoms with E-state index in [0.29, 0.717) is 17.1 Å². The van der Waals surface area contributed by atoms with Gasteiger partial charge in [0.05, 0.1) is 5.69 Å². The second kappa shape index (κ2) is 8.62. The predicted octanol–water partition coefficient (Wildman–Crippen LogP) is 3.26. The number of nitrogens with one attached hydrogen (secondary N) is 2. The lowest BCUT2D eigenvalue weighted by atomic mass is 10.3. The van der Waals surface area contributed by atoms with E-state index in [4.69, 9.17) is 4.74 Å². The number of halogens is 2. The molecular formula is C17H16F2N2O4. The fourth-order valence-electron chi connectivity index (χ4n) is 1.95. The first kappa shape index (κ1) is 18.2. The number of para-hydroxylation sites is 2. The molecule has 0 unspecified atom stereocenters. The van der Waals surface area contributed by atoms with Gasteiger partial charge in [-0.05, 0) is 36.4 Å². The number of carbonyl (C=O) groups excluding carboxylic acids is 2. The van der Waals surface area contributed by atoms with Gasteiger partial charge in [0, 0.05) is 12.6 Å². The van der Waals surface area contributed by atoms with Crippen molar-refractivity contribution >= 4 is 23.2 Å². The third-order valence-corrected chi connectivity index (χ3v) is 2.92. The van der Waals surface area contributed by atoms with Crippen LogP contribution in [0.15, 0.2) is 48.5 Å². The second-order valence-electron chi connectivity index (χ2n) is 4.92. The van der Waals surface area contributed by atoms with Crippen LogP contribution in [0, 0.1) is 0 Å². The Labute approximate surface area is 142 Å². The van der Waals surface area contributed by atoms with Crippen molar-refractivity contribution in [3.63, 3.8) is 0 Å². The maximum absolute atomic E-state index is 12.1. The molecule has 2 aromatic carbocycles. The molecule has 0 saturated carbocycles. The maximum atomic E-state index is 12.1. The van der Waals surface area contributed by atoms with Gasteiger partial charge in [-0.25, -0.2) is 0 Å². The lowest BCUT2D eigenvalue weighted by Crippen LogP contribution is -2.20. The molecule has 2 rings (SSSR count). The summed E-state index contributed by atoms with van der Waals surface area (Å²) < 4.78 is 33.8. The Hall–Kier alpha value is -3.16. The minimum atomic E-state index is -2.91. The molecule has 2 N–H and O–H groups in total. The molecular weight excluding hydrogens is 334 g/mol. The van der Waals surface area contributed by atoms with Crippen LogP contribution in [0.4, 0.5) is 20.2 Å². The molecule has 6 nitrogen and oxygen atoms in total. The van der Waals surface area contributed by atoms with Gasteiger partial charge >= 0.3 is 6.61 Å². The van der Waals surface area contributed by atoms with Crippen molar-refractivity contribution in [3.8, 4) is 11.5 Å². The smallest absolute Gasteiger partial charge is 0.387 e. The monoisotopic (exact) mass is 350 g/mol. The lowest BCUT2D eigenvalue weighted by Gasteiger charge is -2.12. The third kappa shape index (κ3) is 6.09. The summed E-state index contributed by atoms with van der Waals surface area (Å²) in [4.78, 5) is 23.0. The van der Waals surface area contributed by atoms with Crippen molar-refractivity contribution < 1.29 is 27.8 Å². The highest BCUT2D eigenvalue weighted by molar-refractivity contribution is 5.92. The quantitative estimate of drug-likeness (QED) is 0.804. The highest BCUT2D eigenvalue weighted by Crippen LogP contribution is 2.23. The highest BCUT2D eigenvalue weighted by atomic mass is 19.3. The first-order chi connectivity index (χ1) is 11.9. The van der Waals surface area contributed by atoms with Gasteiger partial charge in [-0.15, -0.1) is 0 Å². The van der Waals surface area contributed by atoms with Gasteiger partial charge < -0.3 is 20.1 Å². The van der Waals surface area contributed by atoms with E-state index in [9.17, 15) is 18.4 Å². The second-order valence-corrected chi connectivity index (χ2v) is 4.92. The fraction of sp³-hybridized carbons (Fsp3) is 0.176. The molecule has 0 spiro atoms. The number of amides is 2. The molecule has 2 amide bonds. The first-order valence-electron chi connectivity index (χ1n) is 7.28. The van der Waals surface area contributed by atoms with Crippen LogP contribution in [0.2, 0.25) is 0 Å². The first-order valence-corrected chi connectivity index (χ1v) is 7.28. The summed E-state index contributed by atoms with van der Waals surface area (Å²) in [5, 5.41) is 5.16. The number of hydrogen-bond donors (Lipinski definition) is 2. The number of hydrogen-bond acceptors (Lipinski definition) is 4. The Bertz CT molecular complexity index is 736. The normalized spacial score (nSPS) is 10.2. The van der Waals surface area contributed by atoms with Crippen LogP contribution < -0.4 is 20.1 Å².